The topological polar surface area (TPSA) is 12.9 Å². The second-order valence-corrected chi connectivity index (χ2v) is 27.8. The SMILES string of the molecule is Cc1ccc[c]([Sn]([C](C)(C)C)([C](C)(C)C)[C](C)(C)C)n1. The molecule has 1 heterocycles. The molecule has 114 valence electrons. The van der Waals surface area contributed by atoms with E-state index in [0.717, 1.165) is 5.69 Å². The summed E-state index contributed by atoms with van der Waals surface area (Å²) in [7, 11) is 0. The molecule has 2 heteroatoms. The third kappa shape index (κ3) is 2.80. The molecule has 0 aliphatic rings. The molecular formula is C18H33NSn. The van der Waals surface area contributed by atoms with Gasteiger partial charge in [-0.25, -0.2) is 0 Å². The molecule has 0 saturated heterocycles. The van der Waals surface area contributed by atoms with Gasteiger partial charge in [-0.2, -0.15) is 0 Å². The average molecular weight is 382 g/mol. The van der Waals surface area contributed by atoms with Crippen LogP contribution in [0.5, 0.6) is 0 Å². The molecule has 0 aliphatic heterocycles. The summed E-state index contributed by atoms with van der Waals surface area (Å²) in [6.45, 7) is 24.2. The van der Waals surface area contributed by atoms with Crippen LogP contribution in [0.2, 0.25) is 10.3 Å². The standard InChI is InChI=1S/C6H6N.3C4H9.Sn/c1-6-4-2-3-5-7-6;3*1-4(2)3;/h2-4H,1H3;3*1-3H3;. The van der Waals surface area contributed by atoms with E-state index in [4.69, 9.17) is 4.98 Å². The predicted molar refractivity (Wildman–Crippen MR) is 93.5 cm³/mol. The third-order valence-corrected chi connectivity index (χ3v) is 26.9. The summed E-state index contributed by atoms with van der Waals surface area (Å²) in [5.41, 5.74) is 1.15. The van der Waals surface area contributed by atoms with Gasteiger partial charge in [-0.3, -0.25) is 0 Å². The second-order valence-electron chi connectivity index (χ2n) is 9.16. The Bertz CT molecular complexity index is 433. The van der Waals surface area contributed by atoms with E-state index in [1.807, 2.05) is 0 Å². The van der Waals surface area contributed by atoms with Crippen molar-refractivity contribution in [3.63, 3.8) is 0 Å². The van der Waals surface area contributed by atoms with Crippen molar-refractivity contribution in [3.05, 3.63) is 23.9 Å². The van der Waals surface area contributed by atoms with Crippen LogP contribution in [0, 0.1) is 6.92 Å². The van der Waals surface area contributed by atoms with Gasteiger partial charge in [0.15, 0.2) is 0 Å². The van der Waals surface area contributed by atoms with E-state index < -0.39 is 18.4 Å². The van der Waals surface area contributed by atoms with Crippen LogP contribution >= 0.6 is 0 Å². The van der Waals surface area contributed by atoms with Crippen LogP contribution in [-0.4, -0.2) is 23.4 Å². The van der Waals surface area contributed by atoms with Gasteiger partial charge >= 0.3 is 130 Å². The Hall–Kier alpha value is -0.0513. The van der Waals surface area contributed by atoms with Gasteiger partial charge < -0.3 is 0 Å². The number of pyridine rings is 1. The first-order valence-electron chi connectivity index (χ1n) is 7.69. The molecule has 0 aliphatic carbocycles. The Labute approximate surface area is 130 Å². The zero-order valence-corrected chi connectivity index (χ0v) is 18.0. The molecule has 0 saturated carbocycles. The van der Waals surface area contributed by atoms with E-state index >= 15 is 0 Å². The van der Waals surface area contributed by atoms with Crippen LogP contribution < -0.4 is 3.71 Å². The molecule has 1 aromatic heterocycles. The first kappa shape index (κ1) is 18.0. The number of hydrogen-bond donors (Lipinski definition) is 0. The Morgan fingerprint density at radius 2 is 1.15 bits per heavy atom. The predicted octanol–water partition coefficient (Wildman–Crippen LogP) is 5.45. The number of rotatable bonds is 1. The minimum absolute atomic E-state index is 0.325. The number of nitrogens with zero attached hydrogens (tertiary/aromatic N) is 1. The number of aryl methyl sites for hydroxylation is 1. The van der Waals surface area contributed by atoms with Crippen LogP contribution in [0.1, 0.15) is 68.0 Å². The maximum absolute atomic E-state index is 5.04. The van der Waals surface area contributed by atoms with Crippen LogP contribution in [0.25, 0.3) is 0 Å². The van der Waals surface area contributed by atoms with Crippen molar-refractivity contribution in [1.29, 1.82) is 0 Å². The molecule has 0 amide bonds. The van der Waals surface area contributed by atoms with Gasteiger partial charge in [0.1, 0.15) is 0 Å². The summed E-state index contributed by atoms with van der Waals surface area (Å²) in [6, 6.07) is 6.63. The molecular weight excluding hydrogens is 349 g/mol. The van der Waals surface area contributed by atoms with Gasteiger partial charge in [0, 0.05) is 0 Å². The quantitative estimate of drug-likeness (QED) is 0.589. The van der Waals surface area contributed by atoms with Crippen molar-refractivity contribution >= 4 is 22.1 Å². The van der Waals surface area contributed by atoms with Crippen LogP contribution in [-0.2, 0) is 0 Å². The molecule has 0 aromatic carbocycles. The van der Waals surface area contributed by atoms with Crippen molar-refractivity contribution in [2.45, 2.75) is 79.5 Å². The van der Waals surface area contributed by atoms with E-state index in [2.05, 4.69) is 87.4 Å². The normalized spacial score (nSPS) is 14.5. The fourth-order valence-corrected chi connectivity index (χ4v) is 33.1. The van der Waals surface area contributed by atoms with Crippen molar-refractivity contribution in [1.82, 2.24) is 4.98 Å². The monoisotopic (exact) mass is 383 g/mol. The van der Waals surface area contributed by atoms with Crippen molar-refractivity contribution in [2.24, 2.45) is 0 Å². The first-order chi connectivity index (χ1) is 8.75. The van der Waals surface area contributed by atoms with E-state index in [1.165, 1.54) is 3.71 Å². The van der Waals surface area contributed by atoms with Gasteiger partial charge in [0.2, 0.25) is 0 Å². The van der Waals surface area contributed by atoms with Crippen molar-refractivity contribution in [2.75, 3.05) is 0 Å². The molecule has 0 radical (unpaired) electrons. The summed E-state index contributed by atoms with van der Waals surface area (Å²) in [6.07, 6.45) is 0. The zero-order chi connectivity index (χ0) is 16.0. The van der Waals surface area contributed by atoms with Crippen molar-refractivity contribution in [3.8, 4) is 0 Å². The molecule has 1 nitrogen and oxygen atoms in total. The summed E-state index contributed by atoms with van der Waals surface area (Å²) < 4.78 is 2.41. The Morgan fingerprint density at radius 1 is 0.750 bits per heavy atom. The molecule has 0 N–H and O–H groups in total. The third-order valence-electron chi connectivity index (χ3n) is 4.65. The van der Waals surface area contributed by atoms with E-state index in [0.29, 0.717) is 10.3 Å². The Balaban J connectivity index is 3.82. The minimum atomic E-state index is -2.89. The summed E-state index contributed by atoms with van der Waals surface area (Å²) in [5, 5.41) is 0. The van der Waals surface area contributed by atoms with Crippen LogP contribution in [0.3, 0.4) is 0 Å². The number of aromatic nitrogens is 1. The van der Waals surface area contributed by atoms with E-state index in [1.54, 1.807) is 0 Å². The molecule has 0 unspecified atom stereocenters. The molecule has 0 spiro atoms. The molecule has 0 bridgehead atoms. The summed E-state index contributed by atoms with van der Waals surface area (Å²) in [5.74, 6) is 0. The van der Waals surface area contributed by atoms with Gasteiger partial charge in [-0.05, 0) is 0 Å². The fraction of sp³-hybridized carbons (Fsp3) is 0.722. The van der Waals surface area contributed by atoms with Crippen molar-refractivity contribution < 1.29 is 0 Å². The van der Waals surface area contributed by atoms with Gasteiger partial charge in [0.05, 0.1) is 0 Å². The molecule has 0 atom stereocenters. The first-order valence-corrected chi connectivity index (χ1v) is 13.4. The molecule has 0 fully saturated rings. The van der Waals surface area contributed by atoms with Crippen LogP contribution in [0.15, 0.2) is 18.2 Å². The average Bonchev–Trinajstić information content (AvgIpc) is 2.10. The van der Waals surface area contributed by atoms with Gasteiger partial charge in [0.25, 0.3) is 0 Å². The molecule has 20 heavy (non-hydrogen) atoms. The van der Waals surface area contributed by atoms with Crippen LogP contribution in [0.4, 0.5) is 0 Å². The molecule has 1 aromatic rings. The number of hydrogen-bond acceptors (Lipinski definition) is 1. The fourth-order valence-electron chi connectivity index (χ4n) is 5.28. The Morgan fingerprint density at radius 3 is 1.45 bits per heavy atom. The molecule has 1 rings (SSSR count). The second kappa shape index (κ2) is 5.30. The van der Waals surface area contributed by atoms with Gasteiger partial charge in [-0.1, -0.05) is 0 Å². The van der Waals surface area contributed by atoms with E-state index in [-0.39, 0.29) is 0 Å². The Kier molecular flexibility index (Phi) is 4.77. The summed E-state index contributed by atoms with van der Waals surface area (Å²) in [4.78, 5) is 5.04. The van der Waals surface area contributed by atoms with E-state index in [9.17, 15) is 0 Å². The van der Waals surface area contributed by atoms with Gasteiger partial charge in [-0.15, -0.1) is 0 Å². The maximum atomic E-state index is 5.04. The summed E-state index contributed by atoms with van der Waals surface area (Å²) >= 11 is -2.89. The zero-order valence-electron chi connectivity index (χ0n) is 15.2.